The lowest BCUT2D eigenvalue weighted by Crippen LogP contribution is -2.41. The van der Waals surface area contributed by atoms with Crippen LogP contribution in [0.1, 0.15) is 30.1 Å². The van der Waals surface area contributed by atoms with Crippen molar-refractivity contribution in [2.24, 2.45) is 4.99 Å². The number of β-amino-alcohol motifs (C(OH)–C–C–N with tert-alkyl or cyclic N) is 1. The van der Waals surface area contributed by atoms with Gasteiger partial charge in [0.2, 0.25) is 0 Å². The molecule has 0 aromatic heterocycles. The number of piperidine rings is 1. The van der Waals surface area contributed by atoms with E-state index in [2.05, 4.69) is 15.2 Å². The summed E-state index contributed by atoms with van der Waals surface area (Å²) in [5, 5.41) is 21.3. The van der Waals surface area contributed by atoms with Gasteiger partial charge in [0.15, 0.2) is 0 Å². The second kappa shape index (κ2) is 10.0. The molecular formula is C23H27ClFN5O3. The summed E-state index contributed by atoms with van der Waals surface area (Å²) in [5.41, 5.74) is 1.16. The zero-order valence-corrected chi connectivity index (χ0v) is 19.1. The van der Waals surface area contributed by atoms with Crippen LogP contribution in [0.25, 0.3) is 0 Å². The summed E-state index contributed by atoms with van der Waals surface area (Å²) in [4.78, 5) is 21.2. The van der Waals surface area contributed by atoms with Crippen LogP contribution in [-0.4, -0.2) is 77.7 Å². The largest absolute Gasteiger partial charge is 0.489 e. The summed E-state index contributed by atoms with van der Waals surface area (Å²) in [6, 6.07) is 3.92. The van der Waals surface area contributed by atoms with Gasteiger partial charge < -0.3 is 30.4 Å². The van der Waals surface area contributed by atoms with Crippen LogP contribution in [0.4, 0.5) is 4.39 Å². The number of aliphatic hydroxyl groups excluding tert-OH is 1. The molecular weight excluding hydrogens is 449 g/mol. The number of benzene rings is 1. The van der Waals surface area contributed by atoms with Crippen LogP contribution in [-0.2, 0) is 0 Å². The van der Waals surface area contributed by atoms with Crippen LogP contribution in [0.15, 0.2) is 45.8 Å². The molecule has 0 aliphatic carbocycles. The Morgan fingerprint density at radius 3 is 2.82 bits per heavy atom. The first kappa shape index (κ1) is 23.4. The molecule has 1 amide bonds. The van der Waals surface area contributed by atoms with Gasteiger partial charge in [-0.25, -0.2) is 9.38 Å². The molecule has 3 N–H and O–H groups in total. The molecule has 10 heteroatoms. The molecule has 8 nitrogen and oxygen atoms in total. The second-order valence-corrected chi connectivity index (χ2v) is 8.94. The van der Waals surface area contributed by atoms with E-state index in [1.165, 1.54) is 29.3 Å². The van der Waals surface area contributed by atoms with Gasteiger partial charge in [-0.15, -0.1) is 0 Å². The van der Waals surface area contributed by atoms with Gasteiger partial charge in [-0.1, -0.05) is 11.6 Å². The minimum absolute atomic E-state index is 0.126. The van der Waals surface area contributed by atoms with Crippen molar-refractivity contribution in [2.75, 3.05) is 32.7 Å². The molecule has 3 aliphatic heterocycles. The van der Waals surface area contributed by atoms with Gasteiger partial charge in [-0.3, -0.25) is 4.79 Å². The van der Waals surface area contributed by atoms with E-state index in [0.717, 1.165) is 25.9 Å². The number of ether oxygens (including phenoxy) is 1. The van der Waals surface area contributed by atoms with Crippen molar-refractivity contribution >= 4 is 29.4 Å². The van der Waals surface area contributed by atoms with Crippen molar-refractivity contribution in [2.45, 2.75) is 32.0 Å². The normalized spacial score (nSPS) is 22.8. The highest BCUT2D eigenvalue weighted by Crippen LogP contribution is 2.28. The lowest BCUT2D eigenvalue weighted by atomic mass is 10.1. The number of carbonyl (C=O) groups excluding carboxylic acids is 1. The Kier molecular flexibility index (Phi) is 7.11. The molecule has 33 heavy (non-hydrogen) atoms. The summed E-state index contributed by atoms with van der Waals surface area (Å²) in [7, 11) is 0. The number of allylic oxidation sites excluding steroid dienone is 1. The third-order valence-electron chi connectivity index (χ3n) is 5.82. The molecule has 1 aromatic carbocycles. The van der Waals surface area contributed by atoms with E-state index in [9.17, 15) is 14.3 Å². The van der Waals surface area contributed by atoms with Crippen LogP contribution in [0.3, 0.4) is 0 Å². The van der Waals surface area contributed by atoms with Crippen molar-refractivity contribution in [3.05, 3.63) is 52.2 Å². The Labute approximate surface area is 196 Å². The summed E-state index contributed by atoms with van der Waals surface area (Å²) >= 11 is 5.87. The maximum Gasteiger partial charge on any atom is 0.258 e. The fourth-order valence-corrected chi connectivity index (χ4v) is 4.30. The molecule has 3 heterocycles. The highest BCUT2D eigenvalue weighted by molar-refractivity contribution is 6.39. The molecule has 3 aliphatic rings. The lowest BCUT2D eigenvalue weighted by Gasteiger charge is -2.33. The van der Waals surface area contributed by atoms with E-state index in [4.69, 9.17) is 21.7 Å². The topological polar surface area (TPSA) is 101 Å². The molecule has 176 valence electrons. The maximum atomic E-state index is 14.0. The summed E-state index contributed by atoms with van der Waals surface area (Å²) in [5.74, 6) is -0.107. The van der Waals surface area contributed by atoms with Crippen LogP contribution in [0.5, 0.6) is 5.75 Å². The van der Waals surface area contributed by atoms with Crippen molar-refractivity contribution in [1.82, 2.24) is 15.1 Å². The number of rotatable bonds is 5. The van der Waals surface area contributed by atoms with Gasteiger partial charge in [0.05, 0.1) is 35.5 Å². The second-order valence-electron chi connectivity index (χ2n) is 8.51. The van der Waals surface area contributed by atoms with E-state index in [-0.39, 0.29) is 42.1 Å². The minimum Gasteiger partial charge on any atom is -0.489 e. The zero-order valence-electron chi connectivity index (χ0n) is 18.4. The minimum atomic E-state index is -0.477. The third kappa shape index (κ3) is 5.61. The number of nitrogens with zero attached hydrogens (tertiary/aromatic N) is 3. The van der Waals surface area contributed by atoms with Crippen LogP contribution in [0.2, 0.25) is 0 Å². The molecule has 0 radical (unpaired) electrons. The quantitative estimate of drug-likeness (QED) is 0.607. The van der Waals surface area contributed by atoms with Crippen molar-refractivity contribution in [3.63, 3.8) is 0 Å². The first-order valence-electron chi connectivity index (χ1n) is 10.9. The standard InChI is InChI=1S/C23H27ClFN5O3/c1-14(31)11-29-6-4-17(5-7-29)33-21-8-16(25)2-3-18(21)23(32)30-12-19(20(26)13-30)22-27-9-15(24)10-28-22/h2-3,8-10,14,17,26-27,31H,4-7,11-13H2,1H3/b22-19+,26-20?. The molecule has 4 rings (SSSR count). The molecule has 0 bridgehead atoms. The number of aliphatic hydroxyl groups is 1. The number of likely N-dealkylation sites (tertiary alicyclic amines) is 2. The number of carbonyl (C=O) groups is 1. The molecule has 0 spiro atoms. The maximum absolute atomic E-state index is 14.0. The van der Waals surface area contributed by atoms with E-state index < -0.39 is 11.9 Å². The molecule has 1 aromatic rings. The first-order chi connectivity index (χ1) is 15.8. The smallest absolute Gasteiger partial charge is 0.258 e. The van der Waals surface area contributed by atoms with Crippen LogP contribution in [0, 0.1) is 11.2 Å². The number of amides is 1. The number of hydrogen-bond donors (Lipinski definition) is 3. The summed E-state index contributed by atoms with van der Waals surface area (Å²) in [6.45, 7) is 4.23. The molecule has 0 saturated carbocycles. The predicted octanol–water partition coefficient (Wildman–Crippen LogP) is 2.49. The molecule has 2 fully saturated rings. The summed E-state index contributed by atoms with van der Waals surface area (Å²) in [6.07, 6.45) is 3.97. The summed E-state index contributed by atoms with van der Waals surface area (Å²) < 4.78 is 20.1. The number of nitrogens with one attached hydrogen (secondary N) is 2. The number of hydrogen-bond acceptors (Lipinski definition) is 7. The predicted molar refractivity (Wildman–Crippen MR) is 124 cm³/mol. The zero-order chi connectivity index (χ0) is 23.5. The Bertz CT molecular complexity index is 1030. The van der Waals surface area contributed by atoms with Gasteiger partial charge in [-0.2, -0.15) is 0 Å². The van der Waals surface area contributed by atoms with Crippen LogP contribution >= 0.6 is 11.6 Å². The van der Waals surface area contributed by atoms with E-state index in [0.29, 0.717) is 23.0 Å². The van der Waals surface area contributed by atoms with Gasteiger partial charge in [-0.05, 0) is 31.9 Å². The third-order valence-corrected chi connectivity index (χ3v) is 6.03. The van der Waals surface area contributed by atoms with Gasteiger partial charge in [0.25, 0.3) is 5.91 Å². The Morgan fingerprint density at radius 2 is 2.15 bits per heavy atom. The van der Waals surface area contributed by atoms with E-state index >= 15 is 0 Å². The average Bonchev–Trinajstić information content (AvgIpc) is 3.17. The Morgan fingerprint density at radius 1 is 1.39 bits per heavy atom. The van der Waals surface area contributed by atoms with Crippen molar-refractivity contribution < 1.29 is 19.0 Å². The van der Waals surface area contributed by atoms with Crippen molar-refractivity contribution in [1.29, 1.82) is 5.41 Å². The van der Waals surface area contributed by atoms with Gasteiger partial charge in [0.1, 0.15) is 23.5 Å². The fraction of sp³-hybridized carbons (Fsp3) is 0.435. The first-order valence-corrected chi connectivity index (χ1v) is 11.3. The Hall–Kier alpha value is -2.75. The number of halogens is 2. The van der Waals surface area contributed by atoms with E-state index in [1.54, 1.807) is 13.1 Å². The fourth-order valence-electron chi connectivity index (χ4n) is 4.20. The van der Waals surface area contributed by atoms with Gasteiger partial charge in [0, 0.05) is 43.7 Å². The monoisotopic (exact) mass is 475 g/mol. The SMILES string of the molecule is CC(O)CN1CCC(Oc2cc(F)ccc2C(=O)N2CC(=N)/C(=C3/N=CC(Cl)=CN3)C2)CC1. The molecule has 1 unspecified atom stereocenters. The van der Waals surface area contributed by atoms with Crippen LogP contribution < -0.4 is 10.1 Å². The highest BCUT2D eigenvalue weighted by atomic mass is 35.5. The molecule has 2 saturated heterocycles. The lowest BCUT2D eigenvalue weighted by molar-refractivity contribution is 0.0649. The van der Waals surface area contributed by atoms with Gasteiger partial charge >= 0.3 is 0 Å². The van der Waals surface area contributed by atoms with Crippen molar-refractivity contribution in [3.8, 4) is 5.75 Å². The average molecular weight is 476 g/mol. The highest BCUT2D eigenvalue weighted by Gasteiger charge is 2.32. The molecule has 1 atom stereocenters. The van der Waals surface area contributed by atoms with E-state index in [1.807, 2.05) is 0 Å². The number of aliphatic imine (C=N–C) groups is 1. The Balaban J connectivity index is 1.46.